The van der Waals surface area contributed by atoms with Gasteiger partial charge in [0, 0.05) is 52.2 Å². The third-order valence-corrected chi connectivity index (χ3v) is 4.84. The van der Waals surface area contributed by atoms with Gasteiger partial charge in [-0.3, -0.25) is 0 Å². The highest BCUT2D eigenvalue weighted by molar-refractivity contribution is 6.04. The summed E-state index contributed by atoms with van der Waals surface area (Å²) in [7, 11) is 0. The van der Waals surface area contributed by atoms with Gasteiger partial charge in [-0.05, 0) is 31.1 Å². The lowest BCUT2D eigenvalue weighted by Gasteiger charge is -2.26. The number of hydrogen-bond donors (Lipinski definition) is 3. The highest BCUT2D eigenvalue weighted by Gasteiger charge is 2.20. The molecule has 0 radical (unpaired) electrons. The highest BCUT2D eigenvalue weighted by Crippen LogP contribution is 2.29. The van der Waals surface area contributed by atoms with E-state index in [-0.39, 0.29) is 12.1 Å². The first kappa shape index (κ1) is 15.8. The Bertz CT molecular complexity index is 986. The maximum atomic E-state index is 10.2. The van der Waals surface area contributed by atoms with Gasteiger partial charge in [0.05, 0.1) is 12.1 Å². The van der Waals surface area contributed by atoms with Gasteiger partial charge >= 0.3 is 0 Å². The minimum Gasteiger partial charge on any atom is -0.391 e. The van der Waals surface area contributed by atoms with Gasteiger partial charge in [-0.1, -0.05) is 19.4 Å². The van der Waals surface area contributed by atoms with E-state index in [2.05, 4.69) is 46.3 Å². The molecule has 1 aliphatic heterocycles. The number of nitrogens with zero attached hydrogens (tertiary/aromatic N) is 2. The zero-order chi connectivity index (χ0) is 17.4. The van der Waals surface area contributed by atoms with Crippen LogP contribution >= 0.6 is 0 Å². The van der Waals surface area contributed by atoms with Crippen molar-refractivity contribution in [3.8, 4) is 0 Å². The van der Waals surface area contributed by atoms with Gasteiger partial charge in [0.15, 0.2) is 5.65 Å². The molecular formula is C20H22N4O. The molecule has 25 heavy (non-hydrogen) atoms. The molecule has 0 bridgehead atoms. The second kappa shape index (κ2) is 6.33. The molecule has 2 atom stereocenters. The topological polar surface area (TPSA) is 73.8 Å². The summed E-state index contributed by atoms with van der Waals surface area (Å²) in [6.45, 7) is 4.17. The number of H-pyrrole nitrogens is 1. The van der Waals surface area contributed by atoms with Crippen LogP contribution in [0.25, 0.3) is 27.4 Å². The van der Waals surface area contributed by atoms with Crippen molar-refractivity contribution in [2.75, 3.05) is 0 Å². The number of pyridine rings is 2. The zero-order valence-corrected chi connectivity index (χ0v) is 14.5. The van der Waals surface area contributed by atoms with Crippen molar-refractivity contribution in [3.63, 3.8) is 0 Å². The molecule has 0 spiro atoms. The maximum absolute atomic E-state index is 10.2. The van der Waals surface area contributed by atoms with Crippen molar-refractivity contribution in [1.29, 1.82) is 0 Å². The molecule has 128 valence electrons. The fourth-order valence-electron chi connectivity index (χ4n) is 3.46. The van der Waals surface area contributed by atoms with Crippen LogP contribution in [-0.4, -0.2) is 32.2 Å². The molecule has 0 aliphatic carbocycles. The molecular weight excluding hydrogens is 312 g/mol. The van der Waals surface area contributed by atoms with Crippen molar-refractivity contribution in [3.05, 3.63) is 54.3 Å². The Kier molecular flexibility index (Phi) is 4.01. The third kappa shape index (κ3) is 2.81. The smallest absolute Gasteiger partial charge is 0.159 e. The van der Waals surface area contributed by atoms with Crippen LogP contribution in [0.5, 0.6) is 0 Å². The molecule has 4 rings (SSSR count). The Morgan fingerprint density at radius 2 is 2.16 bits per heavy atom. The van der Waals surface area contributed by atoms with Crippen molar-refractivity contribution < 1.29 is 5.11 Å². The predicted octanol–water partition coefficient (Wildman–Crippen LogP) is 3.53. The summed E-state index contributed by atoms with van der Waals surface area (Å²) in [5.74, 6) is 0. The van der Waals surface area contributed by atoms with E-state index in [1.165, 1.54) is 0 Å². The Morgan fingerprint density at radius 3 is 2.96 bits per heavy atom. The fraction of sp³-hybridized carbons (Fsp3) is 0.300. The summed E-state index contributed by atoms with van der Waals surface area (Å²) in [6, 6.07) is 4.08. The number of aliphatic hydroxyl groups excluding tert-OH is 1. The molecule has 1 aliphatic rings. The summed E-state index contributed by atoms with van der Waals surface area (Å²) < 4.78 is 0. The molecule has 5 heteroatoms. The second-order valence-corrected chi connectivity index (χ2v) is 6.61. The number of fused-ring (bicyclic) bond motifs is 3. The summed E-state index contributed by atoms with van der Waals surface area (Å²) in [5.41, 5.74) is 4.05. The standard InChI is InChI=1S/C20H22N4O/c1-3-4-19(25)18-7-12(2)15(10-23-18)17-8-13-9-24-20-14(5-6-21-20)16(13)11-22-17/h5-11,18-19,22-23,25H,3-4H2,1-2H3. The Balaban J connectivity index is 1.68. The summed E-state index contributed by atoms with van der Waals surface area (Å²) in [6.07, 6.45) is 11.2. The molecule has 5 nitrogen and oxygen atoms in total. The molecule has 2 unspecified atom stereocenters. The van der Waals surface area contributed by atoms with Crippen LogP contribution in [0.1, 0.15) is 32.4 Å². The zero-order valence-electron chi connectivity index (χ0n) is 14.5. The lowest BCUT2D eigenvalue weighted by Crippen LogP contribution is -2.37. The van der Waals surface area contributed by atoms with Crippen LogP contribution in [0.2, 0.25) is 0 Å². The van der Waals surface area contributed by atoms with E-state index in [0.29, 0.717) is 0 Å². The molecule has 0 fully saturated rings. The number of aromatic amines is 1. The van der Waals surface area contributed by atoms with E-state index in [0.717, 1.165) is 51.5 Å². The number of aromatic nitrogens is 3. The van der Waals surface area contributed by atoms with Crippen molar-refractivity contribution in [2.45, 2.75) is 38.8 Å². The maximum Gasteiger partial charge on any atom is 0.159 e. The summed E-state index contributed by atoms with van der Waals surface area (Å²) >= 11 is 0. The Hall–Kier alpha value is -2.66. The van der Waals surface area contributed by atoms with Crippen molar-refractivity contribution in [1.82, 2.24) is 20.3 Å². The normalized spacial score (nSPS) is 18.8. The van der Waals surface area contributed by atoms with Crippen molar-refractivity contribution >= 4 is 27.4 Å². The van der Waals surface area contributed by atoms with E-state index >= 15 is 0 Å². The van der Waals surface area contributed by atoms with Gasteiger partial charge < -0.3 is 15.4 Å². The van der Waals surface area contributed by atoms with Gasteiger partial charge in [0.1, 0.15) is 0 Å². The van der Waals surface area contributed by atoms with Crippen LogP contribution in [0.4, 0.5) is 0 Å². The van der Waals surface area contributed by atoms with Crippen molar-refractivity contribution in [2.24, 2.45) is 0 Å². The lowest BCUT2D eigenvalue weighted by atomic mass is 9.95. The number of rotatable bonds is 4. The quantitative estimate of drug-likeness (QED) is 0.682. The Labute approximate surface area is 146 Å². The van der Waals surface area contributed by atoms with E-state index in [4.69, 9.17) is 0 Å². The van der Waals surface area contributed by atoms with E-state index in [9.17, 15) is 5.11 Å². The van der Waals surface area contributed by atoms with E-state index in [1.807, 2.05) is 24.7 Å². The molecule has 0 aromatic carbocycles. The predicted molar refractivity (Wildman–Crippen MR) is 101 cm³/mol. The summed E-state index contributed by atoms with van der Waals surface area (Å²) in [4.78, 5) is 12.1. The fourth-order valence-corrected chi connectivity index (χ4v) is 3.46. The molecule has 4 heterocycles. The molecule has 0 saturated heterocycles. The average Bonchev–Trinajstić information content (AvgIpc) is 3.10. The average molecular weight is 334 g/mol. The third-order valence-electron chi connectivity index (χ3n) is 4.84. The minimum atomic E-state index is -0.361. The molecule has 0 amide bonds. The van der Waals surface area contributed by atoms with Crippen LogP contribution in [0.3, 0.4) is 0 Å². The molecule has 3 aromatic heterocycles. The SMILES string of the molecule is CCCC(O)C1C=C(C)C(c2cc3cnc4nccc4c3c[nH]2)=CN1. The lowest BCUT2D eigenvalue weighted by molar-refractivity contribution is 0.140. The number of dihydropyridines is 1. The first-order chi connectivity index (χ1) is 12.2. The Morgan fingerprint density at radius 1 is 1.28 bits per heavy atom. The highest BCUT2D eigenvalue weighted by atomic mass is 16.3. The van der Waals surface area contributed by atoms with Crippen LogP contribution in [0, 0.1) is 0 Å². The van der Waals surface area contributed by atoms with Gasteiger partial charge in [0.25, 0.3) is 0 Å². The van der Waals surface area contributed by atoms with E-state index in [1.54, 1.807) is 6.20 Å². The minimum absolute atomic E-state index is 0.0270. The second-order valence-electron chi connectivity index (χ2n) is 6.61. The van der Waals surface area contributed by atoms with Gasteiger partial charge in [-0.2, -0.15) is 0 Å². The van der Waals surface area contributed by atoms with Crippen LogP contribution < -0.4 is 5.32 Å². The summed E-state index contributed by atoms with van der Waals surface area (Å²) in [5, 5.41) is 16.8. The number of hydrogen-bond acceptors (Lipinski definition) is 4. The largest absolute Gasteiger partial charge is 0.391 e. The number of aliphatic hydroxyl groups is 1. The first-order valence-electron chi connectivity index (χ1n) is 8.72. The van der Waals surface area contributed by atoms with Crippen LogP contribution in [-0.2, 0) is 0 Å². The number of allylic oxidation sites excluding steroid dienone is 2. The number of nitrogens with one attached hydrogen (secondary N) is 2. The van der Waals surface area contributed by atoms with Crippen LogP contribution in [0.15, 0.2) is 48.6 Å². The molecule has 0 saturated carbocycles. The monoisotopic (exact) mass is 334 g/mol. The van der Waals surface area contributed by atoms with Gasteiger partial charge in [-0.15, -0.1) is 0 Å². The van der Waals surface area contributed by atoms with Gasteiger partial charge in [0.2, 0.25) is 0 Å². The molecule has 3 N–H and O–H groups in total. The molecule has 3 aromatic rings. The van der Waals surface area contributed by atoms with E-state index < -0.39 is 0 Å². The first-order valence-corrected chi connectivity index (χ1v) is 8.72. The van der Waals surface area contributed by atoms with Gasteiger partial charge in [-0.25, -0.2) is 9.97 Å².